The zero-order valence-electron chi connectivity index (χ0n) is 7.69. The van der Waals surface area contributed by atoms with E-state index in [0.29, 0.717) is 12.1 Å². The smallest absolute Gasteiger partial charge is 0.0218 e. The van der Waals surface area contributed by atoms with Gasteiger partial charge in [-0.2, -0.15) is 0 Å². The van der Waals surface area contributed by atoms with Crippen molar-refractivity contribution in [1.29, 1.82) is 0 Å². The van der Waals surface area contributed by atoms with Crippen LogP contribution in [-0.2, 0) is 0 Å². The van der Waals surface area contributed by atoms with Gasteiger partial charge in [0.25, 0.3) is 0 Å². The molecule has 1 aliphatic heterocycles. The molecule has 11 heavy (non-hydrogen) atoms. The first-order valence-electron chi connectivity index (χ1n) is 4.81. The first-order valence-corrected chi connectivity index (χ1v) is 4.81. The molecular formula is C9H20N2. The number of hydrogen-bond acceptors (Lipinski definition) is 2. The van der Waals surface area contributed by atoms with E-state index in [-0.39, 0.29) is 0 Å². The summed E-state index contributed by atoms with van der Waals surface area (Å²) in [6.45, 7) is 6.73. The zero-order valence-corrected chi connectivity index (χ0v) is 7.69. The summed E-state index contributed by atoms with van der Waals surface area (Å²) in [7, 11) is 0. The van der Waals surface area contributed by atoms with E-state index >= 15 is 0 Å². The molecule has 1 unspecified atom stereocenters. The van der Waals surface area contributed by atoms with Crippen molar-refractivity contribution in [2.75, 3.05) is 13.1 Å². The van der Waals surface area contributed by atoms with Crippen molar-refractivity contribution in [3.8, 4) is 0 Å². The average molecular weight is 156 g/mol. The summed E-state index contributed by atoms with van der Waals surface area (Å²) in [4.78, 5) is 0. The summed E-state index contributed by atoms with van der Waals surface area (Å²) in [5.74, 6) is 0. The van der Waals surface area contributed by atoms with Gasteiger partial charge in [0.1, 0.15) is 0 Å². The van der Waals surface area contributed by atoms with Crippen LogP contribution in [0.3, 0.4) is 0 Å². The minimum Gasteiger partial charge on any atom is -0.313 e. The topological polar surface area (TPSA) is 24.1 Å². The number of nitrogens with one attached hydrogen (secondary N) is 2. The fraction of sp³-hybridized carbons (Fsp3) is 1.00. The average Bonchev–Trinajstić information content (AvgIpc) is 2.07. The maximum Gasteiger partial charge on any atom is 0.0218 e. The molecule has 0 aromatic carbocycles. The molecule has 1 rings (SSSR count). The highest BCUT2D eigenvalue weighted by molar-refractivity contribution is 4.81. The van der Waals surface area contributed by atoms with Crippen molar-refractivity contribution in [1.82, 2.24) is 10.6 Å². The van der Waals surface area contributed by atoms with Crippen LogP contribution >= 0.6 is 0 Å². The first kappa shape index (κ1) is 9.01. The van der Waals surface area contributed by atoms with E-state index in [9.17, 15) is 0 Å². The van der Waals surface area contributed by atoms with Gasteiger partial charge in [0, 0.05) is 12.1 Å². The summed E-state index contributed by atoms with van der Waals surface area (Å²) < 4.78 is 0. The van der Waals surface area contributed by atoms with Gasteiger partial charge in [0.2, 0.25) is 0 Å². The number of piperidine rings is 1. The van der Waals surface area contributed by atoms with E-state index in [2.05, 4.69) is 24.5 Å². The van der Waals surface area contributed by atoms with E-state index in [1.807, 2.05) is 0 Å². The molecule has 0 aromatic heterocycles. The van der Waals surface area contributed by atoms with Crippen LogP contribution in [0, 0.1) is 0 Å². The van der Waals surface area contributed by atoms with E-state index < -0.39 is 0 Å². The Hall–Kier alpha value is -0.0800. The van der Waals surface area contributed by atoms with Gasteiger partial charge in [0.15, 0.2) is 0 Å². The molecule has 0 spiro atoms. The molecule has 1 saturated heterocycles. The van der Waals surface area contributed by atoms with Crippen molar-refractivity contribution >= 4 is 0 Å². The highest BCUT2D eigenvalue weighted by Gasteiger charge is 2.17. The molecule has 0 saturated carbocycles. The Morgan fingerprint density at radius 3 is 2.91 bits per heavy atom. The van der Waals surface area contributed by atoms with E-state index in [1.165, 1.54) is 25.8 Å². The third-order valence-corrected chi connectivity index (χ3v) is 2.48. The van der Waals surface area contributed by atoms with Crippen LogP contribution < -0.4 is 10.6 Å². The molecule has 66 valence electrons. The largest absolute Gasteiger partial charge is 0.313 e. The van der Waals surface area contributed by atoms with Gasteiger partial charge in [-0.15, -0.1) is 0 Å². The van der Waals surface area contributed by atoms with Crippen LogP contribution in [0.25, 0.3) is 0 Å². The van der Waals surface area contributed by atoms with Crippen LogP contribution in [0.15, 0.2) is 0 Å². The molecule has 0 amide bonds. The Balaban J connectivity index is 2.21. The first-order chi connectivity index (χ1) is 5.34. The molecule has 0 bridgehead atoms. The van der Waals surface area contributed by atoms with Crippen LogP contribution in [0.5, 0.6) is 0 Å². The summed E-state index contributed by atoms with van der Waals surface area (Å²) in [5.41, 5.74) is 0. The van der Waals surface area contributed by atoms with E-state index in [4.69, 9.17) is 0 Å². The van der Waals surface area contributed by atoms with Gasteiger partial charge in [-0.05, 0) is 32.9 Å². The highest BCUT2D eigenvalue weighted by Crippen LogP contribution is 2.09. The molecular weight excluding hydrogens is 136 g/mol. The second-order valence-electron chi connectivity index (χ2n) is 3.40. The fourth-order valence-electron chi connectivity index (χ4n) is 1.77. The van der Waals surface area contributed by atoms with Gasteiger partial charge >= 0.3 is 0 Å². The minimum atomic E-state index is 0.639. The molecule has 0 radical (unpaired) electrons. The lowest BCUT2D eigenvalue weighted by Gasteiger charge is -2.29. The van der Waals surface area contributed by atoms with E-state index in [1.54, 1.807) is 0 Å². The number of likely N-dealkylation sites (N-methyl/N-ethyl adjacent to an activating group) is 1. The lowest BCUT2D eigenvalue weighted by Crippen LogP contribution is -2.48. The zero-order chi connectivity index (χ0) is 8.10. The van der Waals surface area contributed by atoms with Crippen LogP contribution in [-0.4, -0.2) is 25.2 Å². The molecule has 1 fully saturated rings. The van der Waals surface area contributed by atoms with E-state index in [0.717, 1.165) is 6.54 Å². The Bertz CT molecular complexity index is 97.7. The third-order valence-electron chi connectivity index (χ3n) is 2.48. The van der Waals surface area contributed by atoms with Gasteiger partial charge in [-0.25, -0.2) is 0 Å². The Morgan fingerprint density at radius 1 is 1.55 bits per heavy atom. The monoisotopic (exact) mass is 156 g/mol. The molecule has 2 nitrogen and oxygen atoms in total. The van der Waals surface area contributed by atoms with Crippen molar-refractivity contribution in [3.05, 3.63) is 0 Å². The quantitative estimate of drug-likeness (QED) is 0.640. The van der Waals surface area contributed by atoms with Crippen LogP contribution in [0.4, 0.5) is 0 Å². The van der Waals surface area contributed by atoms with Crippen molar-refractivity contribution in [2.45, 2.75) is 45.2 Å². The normalized spacial score (nSPS) is 28.4. The lowest BCUT2D eigenvalue weighted by molar-refractivity contribution is 0.328. The molecule has 1 aliphatic rings. The third kappa shape index (κ3) is 2.80. The Kier molecular flexibility index (Phi) is 3.87. The Labute approximate surface area is 69.8 Å². The van der Waals surface area contributed by atoms with Crippen molar-refractivity contribution < 1.29 is 0 Å². The fourth-order valence-corrected chi connectivity index (χ4v) is 1.77. The maximum absolute atomic E-state index is 3.54. The summed E-state index contributed by atoms with van der Waals surface area (Å²) >= 11 is 0. The summed E-state index contributed by atoms with van der Waals surface area (Å²) in [6, 6.07) is 1.35. The molecule has 0 aromatic rings. The second kappa shape index (κ2) is 4.73. The molecule has 2 heteroatoms. The van der Waals surface area contributed by atoms with Gasteiger partial charge in [-0.3, -0.25) is 0 Å². The standard InChI is InChI=1S/C9H20N2/c1-3-10-8(2)9-6-4-5-7-11-9/h8-11H,3-7H2,1-2H3/t8?,9-/m1/s1. The Morgan fingerprint density at radius 2 is 2.36 bits per heavy atom. The van der Waals surface area contributed by atoms with Crippen molar-refractivity contribution in [3.63, 3.8) is 0 Å². The molecule has 1 heterocycles. The lowest BCUT2D eigenvalue weighted by atomic mass is 9.99. The van der Waals surface area contributed by atoms with Crippen molar-refractivity contribution in [2.24, 2.45) is 0 Å². The van der Waals surface area contributed by atoms with Gasteiger partial charge < -0.3 is 10.6 Å². The number of rotatable bonds is 3. The van der Waals surface area contributed by atoms with Gasteiger partial charge in [0.05, 0.1) is 0 Å². The highest BCUT2D eigenvalue weighted by atomic mass is 15.0. The van der Waals surface area contributed by atoms with Gasteiger partial charge in [-0.1, -0.05) is 13.3 Å². The molecule has 2 atom stereocenters. The second-order valence-corrected chi connectivity index (χ2v) is 3.40. The predicted molar refractivity (Wildman–Crippen MR) is 48.8 cm³/mol. The van der Waals surface area contributed by atoms with Crippen LogP contribution in [0.2, 0.25) is 0 Å². The molecule has 2 N–H and O–H groups in total. The summed E-state index contributed by atoms with van der Waals surface area (Å²) in [5, 5.41) is 6.99. The maximum atomic E-state index is 3.54. The number of hydrogen-bond donors (Lipinski definition) is 2. The minimum absolute atomic E-state index is 0.639. The molecule has 0 aliphatic carbocycles. The predicted octanol–water partition coefficient (Wildman–Crippen LogP) is 1.13. The van der Waals surface area contributed by atoms with Crippen LogP contribution in [0.1, 0.15) is 33.1 Å². The summed E-state index contributed by atoms with van der Waals surface area (Å²) in [6.07, 6.45) is 4.09. The SMILES string of the molecule is CCNC(C)[C@H]1CCCCN1.